The van der Waals surface area contributed by atoms with Crippen molar-refractivity contribution in [2.45, 2.75) is 17.0 Å². The first-order valence-electron chi connectivity index (χ1n) is 13.4. The second-order valence-corrected chi connectivity index (χ2v) is 11.9. The Kier molecular flexibility index (Phi) is 9.36. The highest BCUT2D eigenvalue weighted by atomic mass is 32.2. The fourth-order valence-electron chi connectivity index (χ4n) is 4.02. The monoisotopic (exact) mass is 632 g/mol. The number of oxazole rings is 1. The first kappa shape index (κ1) is 30.4. The maximum absolute atomic E-state index is 12.9. The molecule has 0 aliphatic heterocycles. The summed E-state index contributed by atoms with van der Waals surface area (Å²) in [5.74, 6) is 0.729. The zero-order valence-electron chi connectivity index (χ0n) is 23.7. The van der Waals surface area contributed by atoms with Crippen molar-refractivity contribution >= 4 is 61.8 Å². The van der Waals surface area contributed by atoms with E-state index in [1.54, 1.807) is 72.8 Å². The van der Waals surface area contributed by atoms with Gasteiger partial charge in [0, 0.05) is 22.6 Å². The SMILES string of the molecule is CCOc1ccc(NC(=O)c2ccc(NC(=O)CSc3nc4cc(S(=O)(=O)Nc5ccc(OC)cc5)ccc4o3)cc2)cc1. The van der Waals surface area contributed by atoms with Gasteiger partial charge in [0.1, 0.15) is 17.0 Å². The molecule has 0 bridgehead atoms. The highest BCUT2D eigenvalue weighted by Gasteiger charge is 2.18. The quantitative estimate of drug-likeness (QED) is 0.140. The molecular formula is C31H28N4O7S2. The molecule has 0 saturated carbocycles. The number of aromatic nitrogens is 1. The number of fused-ring (bicyclic) bond motifs is 1. The second kappa shape index (κ2) is 13.5. The summed E-state index contributed by atoms with van der Waals surface area (Å²) >= 11 is 1.07. The lowest BCUT2D eigenvalue weighted by Gasteiger charge is -2.08. The molecule has 0 unspecified atom stereocenters. The van der Waals surface area contributed by atoms with Gasteiger partial charge in [0.2, 0.25) is 5.91 Å². The topological polar surface area (TPSA) is 149 Å². The van der Waals surface area contributed by atoms with Crippen LogP contribution in [-0.4, -0.2) is 44.7 Å². The molecule has 0 aliphatic rings. The minimum Gasteiger partial charge on any atom is -0.497 e. The molecule has 0 atom stereocenters. The molecule has 0 fully saturated rings. The molecule has 1 aromatic heterocycles. The molecule has 11 nitrogen and oxygen atoms in total. The Bertz CT molecular complexity index is 1870. The molecule has 0 saturated heterocycles. The Hall–Kier alpha value is -5.01. The van der Waals surface area contributed by atoms with Crippen LogP contribution in [0.1, 0.15) is 17.3 Å². The van der Waals surface area contributed by atoms with Gasteiger partial charge in [0.15, 0.2) is 5.58 Å². The maximum atomic E-state index is 12.9. The molecule has 226 valence electrons. The molecule has 44 heavy (non-hydrogen) atoms. The Morgan fingerprint density at radius 1 is 0.841 bits per heavy atom. The number of nitrogens with one attached hydrogen (secondary N) is 3. The van der Waals surface area contributed by atoms with Crippen LogP contribution >= 0.6 is 11.8 Å². The van der Waals surface area contributed by atoms with Gasteiger partial charge in [0.25, 0.3) is 21.2 Å². The number of nitrogens with zero attached hydrogens (tertiary/aromatic N) is 1. The third-order valence-electron chi connectivity index (χ3n) is 6.17. The molecule has 1 heterocycles. The number of benzene rings is 4. The molecule has 0 spiro atoms. The van der Waals surface area contributed by atoms with E-state index in [-0.39, 0.29) is 27.7 Å². The van der Waals surface area contributed by atoms with E-state index in [1.165, 1.54) is 25.3 Å². The van der Waals surface area contributed by atoms with E-state index in [0.29, 0.717) is 46.1 Å². The lowest BCUT2D eigenvalue weighted by atomic mass is 10.2. The van der Waals surface area contributed by atoms with Gasteiger partial charge in [-0.1, -0.05) is 11.8 Å². The number of anilines is 3. The minimum absolute atomic E-state index is 0.00299. The number of hydrogen-bond acceptors (Lipinski definition) is 9. The number of rotatable bonds is 12. The van der Waals surface area contributed by atoms with Crippen molar-refractivity contribution in [3.63, 3.8) is 0 Å². The fourth-order valence-corrected chi connectivity index (χ4v) is 5.74. The van der Waals surface area contributed by atoms with E-state index in [4.69, 9.17) is 13.9 Å². The third kappa shape index (κ3) is 7.68. The molecule has 5 rings (SSSR count). The van der Waals surface area contributed by atoms with Gasteiger partial charge in [-0.2, -0.15) is 0 Å². The Morgan fingerprint density at radius 3 is 2.16 bits per heavy atom. The van der Waals surface area contributed by atoms with Crippen LogP contribution in [-0.2, 0) is 14.8 Å². The Balaban J connectivity index is 1.14. The smallest absolute Gasteiger partial charge is 0.261 e. The summed E-state index contributed by atoms with van der Waals surface area (Å²) < 4.78 is 44.5. The van der Waals surface area contributed by atoms with Gasteiger partial charge in [-0.15, -0.1) is 0 Å². The number of amides is 2. The van der Waals surface area contributed by atoms with Crippen molar-refractivity contribution in [3.8, 4) is 11.5 Å². The van der Waals surface area contributed by atoms with Crippen LogP contribution in [0.25, 0.3) is 11.1 Å². The highest BCUT2D eigenvalue weighted by molar-refractivity contribution is 7.99. The number of carbonyl (C=O) groups is 2. The van der Waals surface area contributed by atoms with Crippen LogP contribution in [0.15, 0.2) is 106 Å². The molecule has 5 aromatic rings. The van der Waals surface area contributed by atoms with Crippen molar-refractivity contribution in [1.29, 1.82) is 0 Å². The molecular weight excluding hydrogens is 604 g/mol. The van der Waals surface area contributed by atoms with Crippen LogP contribution in [0.3, 0.4) is 0 Å². The predicted molar refractivity (Wildman–Crippen MR) is 169 cm³/mol. The van der Waals surface area contributed by atoms with Gasteiger partial charge < -0.3 is 24.5 Å². The van der Waals surface area contributed by atoms with E-state index in [0.717, 1.165) is 17.5 Å². The standard InChI is InChI=1S/C31H28N4O7S2/c1-3-41-25-14-8-22(9-15-25)33-30(37)20-4-6-21(7-5-20)32-29(36)19-43-31-34-27-18-26(16-17-28(27)42-31)44(38,39)35-23-10-12-24(40-2)13-11-23/h4-18,35H,3,19H2,1-2H3,(H,32,36)(H,33,37). The lowest BCUT2D eigenvalue weighted by molar-refractivity contribution is -0.113. The average molecular weight is 633 g/mol. The summed E-state index contributed by atoms with van der Waals surface area (Å²) in [5, 5.41) is 5.81. The van der Waals surface area contributed by atoms with Gasteiger partial charge in [-0.05, 0) is 97.9 Å². The van der Waals surface area contributed by atoms with E-state index >= 15 is 0 Å². The van der Waals surface area contributed by atoms with E-state index in [2.05, 4.69) is 20.3 Å². The van der Waals surface area contributed by atoms with Crippen molar-refractivity contribution in [3.05, 3.63) is 96.6 Å². The van der Waals surface area contributed by atoms with Crippen molar-refractivity contribution in [2.75, 3.05) is 34.8 Å². The highest BCUT2D eigenvalue weighted by Crippen LogP contribution is 2.27. The zero-order chi connectivity index (χ0) is 31.1. The predicted octanol–water partition coefficient (Wildman–Crippen LogP) is 6.02. The fraction of sp³-hybridized carbons (Fsp3) is 0.129. The summed E-state index contributed by atoms with van der Waals surface area (Å²) in [5.41, 5.74) is 2.69. The van der Waals surface area contributed by atoms with Crippen molar-refractivity contribution in [1.82, 2.24) is 4.98 Å². The van der Waals surface area contributed by atoms with Gasteiger partial charge in [-0.25, -0.2) is 13.4 Å². The van der Waals surface area contributed by atoms with Crippen LogP contribution in [0.5, 0.6) is 11.5 Å². The van der Waals surface area contributed by atoms with Crippen LogP contribution in [0.2, 0.25) is 0 Å². The first-order chi connectivity index (χ1) is 21.2. The average Bonchev–Trinajstić information content (AvgIpc) is 3.44. The summed E-state index contributed by atoms with van der Waals surface area (Å²) in [4.78, 5) is 29.5. The van der Waals surface area contributed by atoms with Gasteiger partial charge >= 0.3 is 0 Å². The first-order valence-corrected chi connectivity index (χ1v) is 15.8. The van der Waals surface area contributed by atoms with Crippen LogP contribution in [0, 0.1) is 0 Å². The van der Waals surface area contributed by atoms with Crippen molar-refractivity contribution in [2.24, 2.45) is 0 Å². The number of hydrogen-bond donors (Lipinski definition) is 3. The van der Waals surface area contributed by atoms with E-state index in [1.807, 2.05) is 6.92 Å². The van der Waals surface area contributed by atoms with Crippen LogP contribution < -0.4 is 24.8 Å². The minimum atomic E-state index is -3.88. The normalized spacial score (nSPS) is 11.1. The summed E-state index contributed by atoms with van der Waals surface area (Å²) in [7, 11) is -2.35. The largest absolute Gasteiger partial charge is 0.497 e. The number of sulfonamides is 1. The molecule has 3 N–H and O–H groups in total. The number of methoxy groups -OCH3 is 1. The maximum Gasteiger partial charge on any atom is 0.261 e. The molecule has 0 aliphatic carbocycles. The van der Waals surface area contributed by atoms with E-state index < -0.39 is 10.0 Å². The molecule has 2 amide bonds. The number of carbonyl (C=O) groups excluding carboxylic acids is 2. The third-order valence-corrected chi connectivity index (χ3v) is 8.38. The van der Waals surface area contributed by atoms with Crippen LogP contribution in [0.4, 0.5) is 17.1 Å². The lowest BCUT2D eigenvalue weighted by Crippen LogP contribution is -2.15. The zero-order valence-corrected chi connectivity index (χ0v) is 25.3. The summed E-state index contributed by atoms with van der Waals surface area (Å²) in [6.07, 6.45) is 0. The molecule has 13 heteroatoms. The van der Waals surface area contributed by atoms with Gasteiger partial charge in [-0.3, -0.25) is 14.3 Å². The summed E-state index contributed by atoms with van der Waals surface area (Å²) in [6.45, 7) is 2.46. The number of ether oxygens (including phenoxy) is 2. The van der Waals surface area contributed by atoms with Gasteiger partial charge in [0.05, 0.1) is 24.4 Å². The Morgan fingerprint density at radius 2 is 1.48 bits per heavy atom. The van der Waals surface area contributed by atoms with E-state index in [9.17, 15) is 18.0 Å². The molecule has 4 aromatic carbocycles. The summed E-state index contributed by atoms with van der Waals surface area (Å²) in [6, 6.07) is 24.4. The second-order valence-electron chi connectivity index (χ2n) is 9.27. The number of thioether (sulfide) groups is 1. The Labute approximate surface area is 258 Å². The molecule has 0 radical (unpaired) electrons. The van der Waals surface area contributed by atoms with Crippen molar-refractivity contribution < 1.29 is 31.9 Å².